The van der Waals surface area contributed by atoms with Gasteiger partial charge in [0, 0.05) is 31.4 Å². The van der Waals surface area contributed by atoms with E-state index in [9.17, 15) is 13.2 Å². The van der Waals surface area contributed by atoms with Gasteiger partial charge in [0.15, 0.2) is 0 Å². The van der Waals surface area contributed by atoms with E-state index in [4.69, 9.17) is 4.74 Å². The summed E-state index contributed by atoms with van der Waals surface area (Å²) in [6.45, 7) is 5.37. The molecule has 6 nitrogen and oxygen atoms in total. The van der Waals surface area contributed by atoms with Crippen LogP contribution in [0.1, 0.15) is 26.7 Å². The number of carbonyl (C=O) groups is 1. The number of sulfone groups is 1. The number of hydrogen-bond acceptors (Lipinski definition) is 5. The molecule has 0 aromatic carbocycles. The molecule has 1 fully saturated rings. The molecule has 0 aromatic rings. The first-order chi connectivity index (χ1) is 8.81. The number of ether oxygens (including phenoxy) is 1. The smallest absolute Gasteiger partial charge is 0.409 e. The van der Waals surface area contributed by atoms with Gasteiger partial charge in [0.05, 0.1) is 12.4 Å². The van der Waals surface area contributed by atoms with Gasteiger partial charge >= 0.3 is 6.09 Å². The van der Waals surface area contributed by atoms with E-state index in [0.717, 1.165) is 12.8 Å². The summed E-state index contributed by atoms with van der Waals surface area (Å²) in [6.07, 6.45) is 2.64. The lowest BCUT2D eigenvalue weighted by atomic mass is 10.0. The van der Waals surface area contributed by atoms with Crippen molar-refractivity contribution in [2.75, 3.05) is 31.7 Å². The summed E-state index contributed by atoms with van der Waals surface area (Å²) in [5.74, 6) is 0.144. The van der Waals surface area contributed by atoms with Crippen molar-refractivity contribution >= 4 is 15.9 Å². The monoisotopic (exact) mass is 292 g/mol. The van der Waals surface area contributed by atoms with Crippen LogP contribution in [0.2, 0.25) is 0 Å². The van der Waals surface area contributed by atoms with Gasteiger partial charge in [-0.1, -0.05) is 0 Å². The minimum absolute atomic E-state index is 0.0610. The van der Waals surface area contributed by atoms with E-state index in [-0.39, 0.29) is 23.9 Å². The van der Waals surface area contributed by atoms with Crippen LogP contribution in [0, 0.1) is 0 Å². The van der Waals surface area contributed by atoms with Crippen molar-refractivity contribution in [1.29, 1.82) is 0 Å². The molecule has 1 saturated heterocycles. The lowest BCUT2D eigenvalue weighted by Gasteiger charge is -2.33. The molecule has 1 unspecified atom stereocenters. The first kappa shape index (κ1) is 16.2. The average molecular weight is 292 g/mol. The Balaban J connectivity index is 2.32. The number of likely N-dealkylation sites (tertiary alicyclic amines) is 1. The quantitative estimate of drug-likeness (QED) is 0.804. The standard InChI is InChI=1S/C12H24N2O4S/c1-4-18-12(15)14-7-5-11(6-8-14)13-10(2)9-19(3,16)17/h10-11,13H,4-9H2,1-3H3. The summed E-state index contributed by atoms with van der Waals surface area (Å²) in [5.41, 5.74) is 0. The molecule has 0 radical (unpaired) electrons. The van der Waals surface area contributed by atoms with Crippen molar-refractivity contribution in [3.63, 3.8) is 0 Å². The third-order valence-corrected chi connectivity index (χ3v) is 4.20. The fourth-order valence-electron chi connectivity index (χ4n) is 2.35. The Morgan fingerprint density at radius 2 is 2.00 bits per heavy atom. The van der Waals surface area contributed by atoms with Gasteiger partial charge < -0.3 is 15.0 Å². The van der Waals surface area contributed by atoms with Crippen LogP contribution >= 0.6 is 0 Å². The Morgan fingerprint density at radius 1 is 1.42 bits per heavy atom. The topological polar surface area (TPSA) is 75.7 Å². The molecule has 19 heavy (non-hydrogen) atoms. The van der Waals surface area contributed by atoms with E-state index in [1.54, 1.807) is 11.8 Å². The molecule has 0 spiro atoms. The van der Waals surface area contributed by atoms with Gasteiger partial charge in [-0.15, -0.1) is 0 Å². The maximum atomic E-state index is 11.5. The SMILES string of the molecule is CCOC(=O)N1CCC(NC(C)CS(C)(=O)=O)CC1. The highest BCUT2D eigenvalue weighted by Crippen LogP contribution is 2.12. The summed E-state index contributed by atoms with van der Waals surface area (Å²) in [5, 5.41) is 3.31. The number of hydrogen-bond donors (Lipinski definition) is 1. The van der Waals surface area contributed by atoms with Crippen LogP contribution in [0.3, 0.4) is 0 Å². The largest absolute Gasteiger partial charge is 0.450 e. The molecule has 112 valence electrons. The minimum Gasteiger partial charge on any atom is -0.450 e. The van der Waals surface area contributed by atoms with Gasteiger partial charge in [-0.2, -0.15) is 0 Å². The molecule has 0 aliphatic carbocycles. The average Bonchev–Trinajstić information content (AvgIpc) is 2.27. The Morgan fingerprint density at radius 3 is 2.47 bits per heavy atom. The zero-order valence-electron chi connectivity index (χ0n) is 11.9. The van der Waals surface area contributed by atoms with Crippen molar-refractivity contribution in [3.05, 3.63) is 0 Å². The predicted molar refractivity (Wildman–Crippen MR) is 73.9 cm³/mol. The molecule has 1 N–H and O–H groups in total. The number of carbonyl (C=O) groups excluding carboxylic acids is 1. The highest BCUT2D eigenvalue weighted by Gasteiger charge is 2.24. The molecule has 0 saturated carbocycles. The maximum Gasteiger partial charge on any atom is 0.409 e. The number of nitrogens with one attached hydrogen (secondary N) is 1. The first-order valence-corrected chi connectivity index (χ1v) is 8.73. The Bertz CT molecular complexity index is 389. The Hall–Kier alpha value is -0.820. The highest BCUT2D eigenvalue weighted by atomic mass is 32.2. The van der Waals surface area contributed by atoms with Crippen LogP contribution in [0.4, 0.5) is 4.79 Å². The van der Waals surface area contributed by atoms with Crippen molar-refractivity contribution < 1.29 is 17.9 Å². The third-order valence-electron chi connectivity index (χ3n) is 3.09. The van der Waals surface area contributed by atoms with E-state index >= 15 is 0 Å². The highest BCUT2D eigenvalue weighted by molar-refractivity contribution is 7.90. The van der Waals surface area contributed by atoms with Crippen molar-refractivity contribution in [3.8, 4) is 0 Å². The molecular weight excluding hydrogens is 268 g/mol. The molecule has 1 aliphatic rings. The lowest BCUT2D eigenvalue weighted by Crippen LogP contribution is -2.48. The molecule has 1 heterocycles. The van der Waals surface area contributed by atoms with E-state index in [1.807, 2.05) is 6.92 Å². The number of piperidine rings is 1. The second-order valence-corrected chi connectivity index (χ2v) is 7.31. The molecule has 7 heteroatoms. The van der Waals surface area contributed by atoms with Gasteiger partial charge in [-0.05, 0) is 26.7 Å². The fourth-order valence-corrected chi connectivity index (χ4v) is 3.35. The molecule has 0 aromatic heterocycles. The van der Waals surface area contributed by atoms with E-state index < -0.39 is 9.84 Å². The van der Waals surface area contributed by atoms with Gasteiger partial charge in [-0.3, -0.25) is 0 Å². The minimum atomic E-state index is -2.95. The number of nitrogens with zero attached hydrogens (tertiary/aromatic N) is 1. The Labute approximate surface area is 115 Å². The van der Waals surface area contributed by atoms with Crippen LogP contribution < -0.4 is 5.32 Å². The summed E-state index contributed by atoms with van der Waals surface area (Å²) in [4.78, 5) is 13.2. The van der Waals surface area contributed by atoms with Gasteiger partial charge in [0.1, 0.15) is 9.84 Å². The van der Waals surface area contributed by atoms with Crippen LogP contribution in [-0.4, -0.2) is 63.2 Å². The molecule has 1 amide bonds. The molecule has 1 rings (SSSR count). The van der Waals surface area contributed by atoms with Gasteiger partial charge in [-0.25, -0.2) is 13.2 Å². The van der Waals surface area contributed by atoms with Gasteiger partial charge in [0.2, 0.25) is 0 Å². The van der Waals surface area contributed by atoms with Crippen LogP contribution in [0.15, 0.2) is 0 Å². The van der Waals surface area contributed by atoms with Crippen molar-refractivity contribution in [1.82, 2.24) is 10.2 Å². The molecule has 1 aliphatic heterocycles. The Kier molecular flexibility index (Phi) is 6.06. The summed E-state index contributed by atoms with van der Waals surface area (Å²) in [7, 11) is -2.95. The van der Waals surface area contributed by atoms with Crippen molar-refractivity contribution in [2.24, 2.45) is 0 Å². The second kappa shape index (κ2) is 7.09. The van der Waals surface area contributed by atoms with E-state index in [2.05, 4.69) is 5.32 Å². The third kappa shape index (κ3) is 6.24. The van der Waals surface area contributed by atoms with Crippen LogP contribution in [0.25, 0.3) is 0 Å². The second-order valence-electron chi connectivity index (χ2n) is 5.12. The zero-order chi connectivity index (χ0) is 14.5. The fraction of sp³-hybridized carbons (Fsp3) is 0.917. The molecule has 0 bridgehead atoms. The summed E-state index contributed by atoms with van der Waals surface area (Å²) < 4.78 is 27.3. The van der Waals surface area contributed by atoms with Crippen molar-refractivity contribution in [2.45, 2.75) is 38.8 Å². The molecule has 1 atom stereocenters. The van der Waals surface area contributed by atoms with E-state index in [1.165, 1.54) is 6.26 Å². The van der Waals surface area contributed by atoms with Crippen LogP contribution in [-0.2, 0) is 14.6 Å². The lowest BCUT2D eigenvalue weighted by molar-refractivity contribution is 0.0946. The normalized spacial score (nSPS) is 19.2. The van der Waals surface area contributed by atoms with Gasteiger partial charge in [0.25, 0.3) is 0 Å². The predicted octanol–water partition coefficient (Wildman–Crippen LogP) is 0.630. The first-order valence-electron chi connectivity index (χ1n) is 6.67. The zero-order valence-corrected chi connectivity index (χ0v) is 12.7. The summed E-state index contributed by atoms with van der Waals surface area (Å²) in [6, 6.07) is 0.205. The maximum absolute atomic E-state index is 11.5. The summed E-state index contributed by atoms with van der Waals surface area (Å²) >= 11 is 0. The molecular formula is C12H24N2O4S. The number of rotatable bonds is 5. The van der Waals surface area contributed by atoms with E-state index in [0.29, 0.717) is 19.7 Å². The number of amides is 1. The van der Waals surface area contributed by atoms with Crippen LogP contribution in [0.5, 0.6) is 0 Å².